The molecule has 16 amide bonds. The number of aromatic amines is 1. The molecule has 102 heavy (non-hydrogen) atoms. The summed E-state index contributed by atoms with van der Waals surface area (Å²) in [5.74, 6) is -18.6. The second kappa shape index (κ2) is 42.4. The average molecular weight is 1450 g/mol. The first-order chi connectivity index (χ1) is 48.0. The molecule has 0 unspecified atom stereocenters. The molecule has 0 saturated carbocycles. The van der Waals surface area contributed by atoms with E-state index < -0.39 is 237 Å². The van der Waals surface area contributed by atoms with Crippen molar-refractivity contribution < 1.29 is 118 Å². The van der Waals surface area contributed by atoms with Crippen molar-refractivity contribution in [2.45, 2.75) is 166 Å². The van der Waals surface area contributed by atoms with Crippen molar-refractivity contribution in [2.24, 2.45) is 17.6 Å². The van der Waals surface area contributed by atoms with Crippen molar-refractivity contribution in [3.05, 3.63) is 42.0 Å². The van der Waals surface area contributed by atoms with Gasteiger partial charge in [0.05, 0.1) is 56.9 Å². The third-order valence-corrected chi connectivity index (χ3v) is 15.2. The SMILES string of the molecule is CC(C)C[C@@H](NC(=O)[C@@H](CO)NC(=O)[C@@H](NC(=O)CNC(=O)CNC(=O)c1cccc(O)c1O)[C@@H](C)O)C(=O)N[C@H](C(=O)N[C@H](Cc1cnc[nH]1)C(=O)N[C@H](C(=O)N[C@H](CCC(N)=O)C(=O)N[C@H](CCCN(O)C=O)C(=O)NCC(=O)N[C@H](CO)C(=O)N[C@@H]1CCCN(O)C1=O)C(C)C)[C@@H](C)O. The number of piperidine rings is 1. The first-order valence-electron chi connectivity index (χ1n) is 32.1. The predicted molar refractivity (Wildman–Crippen MR) is 347 cm³/mol. The van der Waals surface area contributed by atoms with Crippen LogP contribution in [0.5, 0.6) is 11.5 Å². The van der Waals surface area contributed by atoms with Gasteiger partial charge in [-0.15, -0.1) is 0 Å². The van der Waals surface area contributed by atoms with Crippen LogP contribution >= 0.6 is 0 Å². The minimum Gasteiger partial charge on any atom is -0.504 e. The quantitative estimate of drug-likeness (QED) is 0.0127. The van der Waals surface area contributed by atoms with Crippen LogP contribution in [0, 0.1) is 11.8 Å². The number of primary amides is 1. The Hall–Kier alpha value is -10.7. The molecule has 24 N–H and O–H groups in total. The van der Waals surface area contributed by atoms with Crippen LogP contribution in [0.4, 0.5) is 0 Å². The molecule has 1 aliphatic heterocycles. The van der Waals surface area contributed by atoms with Gasteiger partial charge in [0.15, 0.2) is 11.5 Å². The third kappa shape index (κ3) is 28.5. The van der Waals surface area contributed by atoms with E-state index in [4.69, 9.17) is 5.73 Å². The highest BCUT2D eigenvalue weighted by Crippen LogP contribution is 2.28. The zero-order chi connectivity index (χ0) is 76.7. The summed E-state index contributed by atoms with van der Waals surface area (Å²) in [5, 5.41) is 111. The fourth-order valence-corrected chi connectivity index (χ4v) is 9.67. The highest BCUT2D eigenvalue weighted by molar-refractivity contribution is 6.01. The molecule has 566 valence electrons. The fraction of sp³-hybridized carbons (Fsp3) is 0.583. The van der Waals surface area contributed by atoms with E-state index in [0.29, 0.717) is 11.5 Å². The zero-order valence-corrected chi connectivity index (χ0v) is 56.7. The fourth-order valence-electron chi connectivity index (χ4n) is 9.67. The van der Waals surface area contributed by atoms with Crippen molar-refractivity contribution in [1.29, 1.82) is 0 Å². The number of aliphatic hydroxyl groups is 4. The Kier molecular flexibility index (Phi) is 35.6. The molecule has 0 bridgehead atoms. The molecule has 12 atom stereocenters. The third-order valence-electron chi connectivity index (χ3n) is 15.2. The molecular weight excluding hydrogens is 1360 g/mol. The Morgan fingerprint density at radius 1 is 0.637 bits per heavy atom. The van der Waals surface area contributed by atoms with Gasteiger partial charge in [0.2, 0.25) is 83.2 Å². The van der Waals surface area contributed by atoms with Gasteiger partial charge in [-0.1, -0.05) is 33.8 Å². The van der Waals surface area contributed by atoms with Crippen LogP contribution in [0.15, 0.2) is 30.7 Å². The van der Waals surface area contributed by atoms with Crippen LogP contribution in [-0.2, 0) is 78.3 Å². The number of aliphatic hydroxyl groups excluding tert-OH is 4. The van der Waals surface area contributed by atoms with E-state index in [1.165, 1.54) is 32.4 Å². The van der Waals surface area contributed by atoms with Crippen LogP contribution < -0.4 is 74.9 Å². The lowest BCUT2D eigenvalue weighted by Crippen LogP contribution is -2.63. The van der Waals surface area contributed by atoms with Crippen LogP contribution in [0.2, 0.25) is 0 Å². The number of amides is 16. The first kappa shape index (κ1) is 85.5. The molecular formula is C60H92N18O24. The van der Waals surface area contributed by atoms with E-state index in [9.17, 15) is 118 Å². The number of phenolic OH excluding ortho intramolecular Hbond substituents is 2. The summed E-state index contributed by atoms with van der Waals surface area (Å²) < 4.78 is 0. The Bertz CT molecular complexity index is 3270. The number of carbonyl (C=O) groups excluding carboxylic acids is 16. The lowest BCUT2D eigenvalue weighted by atomic mass is 10.00. The second-order valence-electron chi connectivity index (χ2n) is 24.4. The van der Waals surface area contributed by atoms with E-state index in [-0.39, 0.29) is 61.5 Å². The molecule has 42 heteroatoms. The number of benzene rings is 1. The normalized spacial score (nSPS) is 16.0. The maximum Gasteiger partial charge on any atom is 0.268 e. The number of para-hydroxylation sites is 1. The number of nitrogens with one attached hydrogen (secondary N) is 14. The lowest BCUT2D eigenvalue weighted by molar-refractivity contribution is -0.173. The molecule has 2 aromatic rings. The maximum absolute atomic E-state index is 14.4. The van der Waals surface area contributed by atoms with Crippen molar-refractivity contribution in [2.75, 3.05) is 45.9 Å². The Morgan fingerprint density at radius 3 is 1.75 bits per heavy atom. The van der Waals surface area contributed by atoms with E-state index >= 15 is 0 Å². The largest absolute Gasteiger partial charge is 0.504 e. The Balaban J connectivity index is 1.78. The highest BCUT2D eigenvalue weighted by atomic mass is 16.5. The standard InChI is InChI=1S/C60H92N18O24/c1-28(2)18-37(71-56(96)40(25-80)73-58(98)47(30(5)82)74-45(88)22-63-43(86)21-64-50(90)33-10-7-13-41(84)49(33)89)53(93)76-48(31(6)83)59(99)72-38(19-32-20-62-26-66-32)54(94)75-46(29(3)4)57(97)69-35(14-15-42(61)85)52(92)68-34(11-8-16-77(101)27-81)51(91)65-23-44(87)67-39(24-79)55(95)70-36-12-9-17-78(102)60(36)100/h7,10,13,20,26-31,34-40,46-48,79-80,82-84,89,101-102H,8-9,11-12,14-19,21-25H2,1-6H3,(H2,61,85)(H,62,66)(H,63,86)(H,64,90)(H,65,91)(H,67,87)(H,68,92)(H,69,97)(H,70,95)(H,71,96)(H,72,99)(H,73,98)(H,74,88)(H,75,94)(H,76,93)/t30-,31-,34-,35-,36-,37-,38-,39-,40-,46+,47+,48+/m1/s1. The van der Waals surface area contributed by atoms with E-state index in [1.807, 2.05) is 0 Å². The summed E-state index contributed by atoms with van der Waals surface area (Å²) in [5.41, 5.74) is 5.27. The molecule has 0 aliphatic carbocycles. The second-order valence-corrected chi connectivity index (χ2v) is 24.4. The molecule has 1 aliphatic rings. The number of hydrogen-bond donors (Lipinski definition) is 23. The summed E-state index contributed by atoms with van der Waals surface area (Å²) in [4.78, 5) is 218. The number of rotatable bonds is 43. The van der Waals surface area contributed by atoms with Gasteiger partial charge in [0, 0.05) is 37.8 Å². The van der Waals surface area contributed by atoms with Gasteiger partial charge in [0.1, 0.15) is 60.4 Å². The first-order valence-corrected chi connectivity index (χ1v) is 32.1. The molecule has 1 saturated heterocycles. The number of aromatic hydroxyl groups is 2. The van der Waals surface area contributed by atoms with Crippen LogP contribution in [-0.4, -0.2) is 275 Å². The Morgan fingerprint density at radius 2 is 1.16 bits per heavy atom. The monoisotopic (exact) mass is 1450 g/mol. The number of phenols is 2. The van der Waals surface area contributed by atoms with Gasteiger partial charge >= 0.3 is 0 Å². The number of hydrogen-bond acceptors (Lipinski definition) is 25. The molecule has 0 spiro atoms. The van der Waals surface area contributed by atoms with Gasteiger partial charge in [0.25, 0.3) is 11.8 Å². The van der Waals surface area contributed by atoms with Crippen LogP contribution in [0.25, 0.3) is 0 Å². The van der Waals surface area contributed by atoms with E-state index in [1.54, 1.807) is 13.8 Å². The number of hydroxylamine groups is 4. The zero-order valence-electron chi connectivity index (χ0n) is 56.7. The van der Waals surface area contributed by atoms with Crippen LogP contribution in [0.3, 0.4) is 0 Å². The number of nitrogens with zero attached hydrogens (tertiary/aromatic N) is 3. The maximum atomic E-state index is 14.4. The predicted octanol–water partition coefficient (Wildman–Crippen LogP) is -9.77. The number of carbonyl (C=O) groups is 16. The van der Waals surface area contributed by atoms with E-state index in [0.717, 1.165) is 26.0 Å². The summed E-state index contributed by atoms with van der Waals surface area (Å²) in [6, 6.07) is -13.2. The molecule has 3 rings (SSSR count). The van der Waals surface area contributed by atoms with Crippen molar-refractivity contribution in [3.8, 4) is 11.5 Å². The van der Waals surface area contributed by atoms with Crippen molar-refractivity contribution in [1.82, 2.24) is 89.2 Å². The molecule has 0 radical (unpaired) electrons. The van der Waals surface area contributed by atoms with Crippen LogP contribution in [0.1, 0.15) is 103 Å². The lowest BCUT2D eigenvalue weighted by Gasteiger charge is -2.30. The minimum atomic E-state index is -1.93. The van der Waals surface area contributed by atoms with Crippen molar-refractivity contribution in [3.63, 3.8) is 0 Å². The van der Waals surface area contributed by atoms with Crippen molar-refractivity contribution >= 4 is 95.0 Å². The molecule has 1 aromatic heterocycles. The van der Waals surface area contributed by atoms with Gasteiger partial charge in [-0.3, -0.25) is 87.1 Å². The van der Waals surface area contributed by atoms with E-state index in [2.05, 4.69) is 79.1 Å². The molecule has 1 fully saturated rings. The Labute approximate surface area is 582 Å². The number of nitrogens with two attached hydrogens (primary N) is 1. The van der Waals surface area contributed by atoms with Gasteiger partial charge < -0.3 is 110 Å². The number of imidazole rings is 1. The van der Waals surface area contributed by atoms with Gasteiger partial charge in [-0.05, 0) is 76.3 Å². The molecule has 42 nitrogen and oxygen atoms in total. The molecule has 1 aromatic carbocycles. The number of H-pyrrole nitrogens is 1. The summed E-state index contributed by atoms with van der Waals surface area (Å²) in [6.45, 7) is 3.44. The average Bonchev–Trinajstić information content (AvgIpc) is 1.03. The summed E-state index contributed by atoms with van der Waals surface area (Å²) in [6.07, 6.45) is -2.66. The minimum absolute atomic E-state index is 0.0153. The molecule has 2 heterocycles. The van der Waals surface area contributed by atoms with Gasteiger partial charge in [-0.25, -0.2) is 15.1 Å². The smallest absolute Gasteiger partial charge is 0.268 e. The topological polar surface area (TPSA) is 653 Å². The summed E-state index contributed by atoms with van der Waals surface area (Å²) >= 11 is 0. The summed E-state index contributed by atoms with van der Waals surface area (Å²) in [7, 11) is 0. The highest BCUT2D eigenvalue weighted by Gasteiger charge is 2.39. The number of aromatic nitrogens is 2. The van der Waals surface area contributed by atoms with Gasteiger partial charge in [-0.2, -0.15) is 0 Å².